The van der Waals surface area contributed by atoms with Gasteiger partial charge in [0.15, 0.2) is 11.5 Å². The highest BCUT2D eigenvalue weighted by atomic mass is 32.2. The van der Waals surface area contributed by atoms with Crippen LogP contribution in [-0.2, 0) is 9.59 Å². The van der Waals surface area contributed by atoms with Crippen molar-refractivity contribution in [3.63, 3.8) is 0 Å². The van der Waals surface area contributed by atoms with Crippen molar-refractivity contribution >= 4 is 29.3 Å². The molecule has 1 atom stereocenters. The number of nitrogens with zero attached hydrogens (tertiary/aromatic N) is 1. The van der Waals surface area contributed by atoms with E-state index in [4.69, 9.17) is 14.7 Å². The molecule has 2 amide bonds. The third-order valence-electron chi connectivity index (χ3n) is 3.54. The lowest BCUT2D eigenvalue weighted by atomic mass is 10.2. The largest absolute Gasteiger partial charge is 0.486 e. The Hall–Kier alpha value is -3.18. The molecule has 0 aliphatic carbocycles. The van der Waals surface area contributed by atoms with E-state index in [0.29, 0.717) is 17.2 Å². The van der Waals surface area contributed by atoms with Gasteiger partial charge in [0.1, 0.15) is 18.1 Å². The number of fused-ring (bicyclic) bond motifs is 1. The van der Waals surface area contributed by atoms with Gasteiger partial charge < -0.3 is 20.1 Å². The summed E-state index contributed by atoms with van der Waals surface area (Å²) in [4.78, 5) is 24.6. The number of para-hydroxylation sites is 2. The SMILES string of the molecule is N#CSc1ccc(NC(=O)C(=O)NCC2COc3ccccc3O2)cc1. The standard InChI is InChI=1S/C18H15N3O4S/c19-11-26-14-7-5-12(6-8-14)21-18(23)17(22)20-9-13-10-24-15-3-1-2-4-16(15)25-13/h1-8,13H,9-10H2,(H,20,22)(H,21,23). The first-order chi connectivity index (χ1) is 12.7. The van der Waals surface area contributed by atoms with Gasteiger partial charge in [0, 0.05) is 10.6 Å². The van der Waals surface area contributed by atoms with Gasteiger partial charge in [0.05, 0.1) is 6.54 Å². The van der Waals surface area contributed by atoms with Crippen LogP contribution in [0.3, 0.4) is 0 Å². The molecule has 1 aliphatic heterocycles. The van der Waals surface area contributed by atoms with E-state index in [0.717, 1.165) is 16.7 Å². The highest BCUT2D eigenvalue weighted by molar-refractivity contribution is 8.03. The highest BCUT2D eigenvalue weighted by Gasteiger charge is 2.22. The van der Waals surface area contributed by atoms with Crippen LogP contribution in [0.4, 0.5) is 5.69 Å². The maximum Gasteiger partial charge on any atom is 0.313 e. The molecule has 2 aromatic rings. The third kappa shape index (κ3) is 4.46. The van der Waals surface area contributed by atoms with Crippen LogP contribution in [0.25, 0.3) is 0 Å². The Morgan fingerprint density at radius 2 is 1.85 bits per heavy atom. The van der Waals surface area contributed by atoms with Gasteiger partial charge in [-0.05, 0) is 48.2 Å². The van der Waals surface area contributed by atoms with Crippen molar-refractivity contribution in [2.45, 2.75) is 11.0 Å². The number of benzene rings is 2. The number of amides is 2. The second-order valence-electron chi connectivity index (χ2n) is 5.38. The first-order valence-electron chi connectivity index (χ1n) is 7.79. The van der Waals surface area contributed by atoms with Crippen LogP contribution >= 0.6 is 11.8 Å². The Morgan fingerprint density at radius 1 is 1.12 bits per heavy atom. The smallest absolute Gasteiger partial charge is 0.313 e. The van der Waals surface area contributed by atoms with Crippen molar-refractivity contribution in [1.29, 1.82) is 5.26 Å². The van der Waals surface area contributed by atoms with Crippen LogP contribution < -0.4 is 20.1 Å². The number of nitrogens with one attached hydrogen (secondary N) is 2. The molecule has 0 spiro atoms. The van der Waals surface area contributed by atoms with Crippen LogP contribution in [0, 0.1) is 10.7 Å². The first-order valence-corrected chi connectivity index (χ1v) is 8.61. The average Bonchev–Trinajstić information content (AvgIpc) is 2.67. The number of thioether (sulfide) groups is 1. The lowest BCUT2D eigenvalue weighted by Crippen LogP contribution is -2.44. The van der Waals surface area contributed by atoms with E-state index in [2.05, 4.69) is 10.6 Å². The summed E-state index contributed by atoms with van der Waals surface area (Å²) in [6.07, 6.45) is -0.371. The maximum absolute atomic E-state index is 11.9. The van der Waals surface area contributed by atoms with Gasteiger partial charge >= 0.3 is 11.8 Å². The monoisotopic (exact) mass is 369 g/mol. The maximum atomic E-state index is 11.9. The molecule has 0 saturated carbocycles. The fourth-order valence-electron chi connectivity index (χ4n) is 2.30. The van der Waals surface area contributed by atoms with E-state index in [1.165, 1.54) is 0 Å². The number of ether oxygens (including phenoxy) is 2. The Kier molecular flexibility index (Phi) is 5.61. The van der Waals surface area contributed by atoms with Gasteiger partial charge in [-0.3, -0.25) is 9.59 Å². The Morgan fingerprint density at radius 3 is 2.58 bits per heavy atom. The van der Waals surface area contributed by atoms with Crippen LogP contribution in [0.5, 0.6) is 11.5 Å². The summed E-state index contributed by atoms with van der Waals surface area (Å²) < 4.78 is 11.3. The van der Waals surface area contributed by atoms with Crippen LogP contribution in [-0.4, -0.2) is 31.1 Å². The summed E-state index contributed by atoms with van der Waals surface area (Å²) in [5.41, 5.74) is 0.471. The molecule has 1 aliphatic rings. The molecular weight excluding hydrogens is 354 g/mol. The zero-order chi connectivity index (χ0) is 18.4. The normalized spacial score (nSPS) is 14.8. The molecule has 0 aromatic heterocycles. The lowest BCUT2D eigenvalue weighted by molar-refractivity contribution is -0.136. The van der Waals surface area contributed by atoms with Crippen molar-refractivity contribution in [2.75, 3.05) is 18.5 Å². The van der Waals surface area contributed by atoms with Gasteiger partial charge in [0.25, 0.3) is 0 Å². The van der Waals surface area contributed by atoms with Crippen LogP contribution in [0.15, 0.2) is 53.4 Å². The molecule has 0 bridgehead atoms. The number of carbonyl (C=O) groups excluding carboxylic acids is 2. The fourth-order valence-corrected chi connectivity index (χ4v) is 2.67. The number of hydrogen-bond acceptors (Lipinski definition) is 6. The van der Waals surface area contributed by atoms with Gasteiger partial charge in [0.2, 0.25) is 0 Å². The van der Waals surface area contributed by atoms with E-state index < -0.39 is 11.8 Å². The van der Waals surface area contributed by atoms with Gasteiger partial charge in [-0.2, -0.15) is 5.26 Å². The molecule has 0 saturated heterocycles. The predicted octanol–water partition coefficient (Wildman–Crippen LogP) is 2.15. The molecule has 1 heterocycles. The number of anilines is 1. The second kappa shape index (κ2) is 8.27. The van der Waals surface area contributed by atoms with E-state index in [-0.39, 0.29) is 19.3 Å². The summed E-state index contributed by atoms with van der Waals surface area (Å²) >= 11 is 1.02. The number of carbonyl (C=O) groups is 2. The van der Waals surface area contributed by atoms with Crippen molar-refractivity contribution in [1.82, 2.24) is 5.32 Å². The molecule has 3 rings (SSSR count). The molecule has 0 radical (unpaired) electrons. The minimum atomic E-state index is -0.775. The highest BCUT2D eigenvalue weighted by Crippen LogP contribution is 2.30. The quantitative estimate of drug-likeness (QED) is 0.487. The summed E-state index contributed by atoms with van der Waals surface area (Å²) in [7, 11) is 0. The fraction of sp³-hybridized carbons (Fsp3) is 0.167. The molecule has 2 N–H and O–H groups in total. The molecule has 2 aromatic carbocycles. The summed E-state index contributed by atoms with van der Waals surface area (Å²) in [5.74, 6) is -0.269. The Balaban J connectivity index is 1.47. The zero-order valence-electron chi connectivity index (χ0n) is 13.6. The lowest BCUT2D eigenvalue weighted by Gasteiger charge is -2.26. The number of hydrogen-bond donors (Lipinski definition) is 2. The zero-order valence-corrected chi connectivity index (χ0v) is 14.4. The Labute approximate surface area is 154 Å². The van der Waals surface area contributed by atoms with Gasteiger partial charge in [-0.1, -0.05) is 12.1 Å². The number of thiocyanates is 1. The second-order valence-corrected chi connectivity index (χ2v) is 6.24. The van der Waals surface area contributed by atoms with Crippen molar-refractivity contribution in [3.8, 4) is 16.9 Å². The summed E-state index contributed by atoms with van der Waals surface area (Å²) in [6.45, 7) is 0.440. The molecule has 26 heavy (non-hydrogen) atoms. The molecule has 0 fully saturated rings. The molecule has 132 valence electrons. The van der Waals surface area contributed by atoms with Crippen molar-refractivity contribution < 1.29 is 19.1 Å². The van der Waals surface area contributed by atoms with Gasteiger partial charge in [-0.15, -0.1) is 0 Å². The van der Waals surface area contributed by atoms with Gasteiger partial charge in [-0.25, -0.2) is 0 Å². The minimum absolute atomic E-state index is 0.151. The first kappa shape index (κ1) is 17.6. The molecule has 1 unspecified atom stereocenters. The number of nitriles is 1. The molecule has 7 nitrogen and oxygen atoms in total. The van der Waals surface area contributed by atoms with E-state index in [9.17, 15) is 9.59 Å². The minimum Gasteiger partial charge on any atom is -0.486 e. The third-order valence-corrected chi connectivity index (χ3v) is 4.14. The number of rotatable bonds is 4. The Bertz CT molecular complexity index is 848. The van der Waals surface area contributed by atoms with E-state index in [1.807, 2.05) is 17.5 Å². The topological polar surface area (TPSA) is 100 Å². The van der Waals surface area contributed by atoms with E-state index >= 15 is 0 Å². The predicted molar refractivity (Wildman–Crippen MR) is 95.9 cm³/mol. The molecular formula is C18H15N3O4S. The summed E-state index contributed by atoms with van der Waals surface area (Å²) in [5, 5.41) is 15.6. The van der Waals surface area contributed by atoms with Crippen molar-refractivity contribution in [2.24, 2.45) is 0 Å². The van der Waals surface area contributed by atoms with Crippen LogP contribution in [0.2, 0.25) is 0 Å². The molecule has 8 heteroatoms. The summed E-state index contributed by atoms with van der Waals surface area (Å²) in [6, 6.07) is 13.9. The average molecular weight is 369 g/mol. The van der Waals surface area contributed by atoms with Crippen LogP contribution in [0.1, 0.15) is 0 Å². The van der Waals surface area contributed by atoms with Crippen molar-refractivity contribution in [3.05, 3.63) is 48.5 Å². The van der Waals surface area contributed by atoms with E-state index in [1.54, 1.807) is 36.4 Å².